The number of anilines is 3. The zero-order chi connectivity index (χ0) is 21.1. The highest BCUT2D eigenvalue weighted by molar-refractivity contribution is 6.31. The van der Waals surface area contributed by atoms with Crippen LogP contribution in [0.25, 0.3) is 0 Å². The Hall–Kier alpha value is -2.57. The van der Waals surface area contributed by atoms with Gasteiger partial charge in [-0.05, 0) is 55.8 Å². The molecule has 2 heterocycles. The van der Waals surface area contributed by atoms with Gasteiger partial charge >= 0.3 is 0 Å². The van der Waals surface area contributed by atoms with Crippen LogP contribution in [0.3, 0.4) is 0 Å². The molecular formula is C23H28ClN4O2+. The van der Waals surface area contributed by atoms with E-state index in [-0.39, 0.29) is 11.8 Å². The van der Waals surface area contributed by atoms with Crippen LogP contribution in [-0.2, 0) is 4.79 Å². The molecule has 2 aromatic rings. The van der Waals surface area contributed by atoms with Crippen molar-refractivity contribution in [2.75, 3.05) is 54.4 Å². The first-order chi connectivity index (χ1) is 14.5. The Kier molecular flexibility index (Phi) is 6.25. The van der Waals surface area contributed by atoms with Crippen molar-refractivity contribution in [2.24, 2.45) is 0 Å². The first-order valence-electron chi connectivity index (χ1n) is 10.6. The molecule has 2 N–H and O–H groups in total. The summed E-state index contributed by atoms with van der Waals surface area (Å²) in [6.45, 7) is 8.43. The average Bonchev–Trinajstić information content (AvgIpc) is 3.20. The van der Waals surface area contributed by atoms with E-state index >= 15 is 0 Å². The summed E-state index contributed by atoms with van der Waals surface area (Å²) in [6, 6.07) is 13.0. The summed E-state index contributed by atoms with van der Waals surface area (Å²) < 4.78 is 0. The van der Waals surface area contributed by atoms with Gasteiger partial charge in [-0.2, -0.15) is 0 Å². The molecule has 6 nitrogen and oxygen atoms in total. The van der Waals surface area contributed by atoms with Gasteiger partial charge in [0, 0.05) is 29.4 Å². The topological polar surface area (TPSA) is 57.1 Å². The molecule has 0 atom stereocenters. The Morgan fingerprint density at radius 3 is 2.47 bits per heavy atom. The summed E-state index contributed by atoms with van der Waals surface area (Å²) in [7, 11) is 0. The Morgan fingerprint density at radius 1 is 1.10 bits per heavy atom. The molecule has 2 aliphatic heterocycles. The molecular weight excluding hydrogens is 400 g/mol. The SMILES string of the molecule is CC[NH+]1CCN(c2ccc(NC(=O)c3ccc(Cl)cc3N3CCCC3=O)cc2)CC1. The molecule has 2 fully saturated rings. The standard InChI is InChI=1S/C23H27ClN4O2/c1-2-26-12-14-27(15-13-26)19-8-6-18(7-9-19)25-23(30)20-10-5-17(24)16-21(20)28-11-3-4-22(28)29/h5-10,16H,2-4,11-15H2,1H3,(H,25,30)/p+1. The molecule has 0 saturated carbocycles. The Labute approximate surface area is 182 Å². The van der Waals surface area contributed by atoms with Crippen LogP contribution >= 0.6 is 11.6 Å². The maximum absolute atomic E-state index is 13.0. The fourth-order valence-electron chi connectivity index (χ4n) is 4.21. The number of nitrogens with zero attached hydrogens (tertiary/aromatic N) is 2. The number of likely N-dealkylation sites (N-methyl/N-ethyl adjacent to an activating group) is 1. The minimum atomic E-state index is -0.241. The lowest BCUT2D eigenvalue weighted by Crippen LogP contribution is -3.14. The summed E-state index contributed by atoms with van der Waals surface area (Å²) in [5, 5.41) is 3.47. The van der Waals surface area contributed by atoms with Crippen LogP contribution < -0.4 is 20.0 Å². The highest BCUT2D eigenvalue weighted by atomic mass is 35.5. The third kappa shape index (κ3) is 4.45. The Morgan fingerprint density at radius 2 is 1.83 bits per heavy atom. The summed E-state index contributed by atoms with van der Waals surface area (Å²) in [5.74, 6) is -0.213. The van der Waals surface area contributed by atoms with Crippen molar-refractivity contribution in [1.29, 1.82) is 0 Å². The van der Waals surface area contributed by atoms with Gasteiger partial charge in [0.15, 0.2) is 0 Å². The number of carbonyl (C=O) groups excluding carboxylic acids is 2. The third-order valence-electron chi connectivity index (χ3n) is 6.03. The van der Waals surface area contributed by atoms with Crippen LogP contribution in [-0.4, -0.2) is 51.1 Å². The van der Waals surface area contributed by atoms with Gasteiger partial charge < -0.3 is 20.0 Å². The molecule has 2 aromatic carbocycles. The second kappa shape index (κ2) is 9.06. The minimum absolute atomic E-state index is 0.0284. The van der Waals surface area contributed by atoms with Crippen molar-refractivity contribution >= 4 is 40.5 Å². The van der Waals surface area contributed by atoms with Gasteiger partial charge in [0.2, 0.25) is 5.91 Å². The van der Waals surface area contributed by atoms with E-state index in [0.29, 0.717) is 29.2 Å². The van der Waals surface area contributed by atoms with Gasteiger partial charge in [-0.25, -0.2) is 0 Å². The summed E-state index contributed by atoms with van der Waals surface area (Å²) in [5.41, 5.74) is 2.95. The van der Waals surface area contributed by atoms with E-state index in [1.807, 2.05) is 12.1 Å². The Bertz CT molecular complexity index is 923. The normalized spacial score (nSPS) is 17.5. The lowest BCUT2D eigenvalue weighted by atomic mass is 10.1. The molecule has 0 radical (unpaired) electrons. The van der Waals surface area contributed by atoms with E-state index in [2.05, 4.69) is 29.3 Å². The second-order valence-corrected chi connectivity index (χ2v) is 8.34. The molecule has 7 heteroatoms. The Balaban J connectivity index is 1.46. The lowest BCUT2D eigenvalue weighted by Gasteiger charge is -2.33. The lowest BCUT2D eigenvalue weighted by molar-refractivity contribution is -0.898. The van der Waals surface area contributed by atoms with Gasteiger partial charge in [-0.1, -0.05) is 11.6 Å². The van der Waals surface area contributed by atoms with Crippen molar-refractivity contribution in [3.05, 3.63) is 53.1 Å². The predicted octanol–water partition coefficient (Wildman–Crippen LogP) is 2.44. The summed E-state index contributed by atoms with van der Waals surface area (Å²) >= 11 is 6.14. The first kappa shape index (κ1) is 20.7. The number of hydrogen-bond donors (Lipinski definition) is 2. The van der Waals surface area contributed by atoms with E-state index in [9.17, 15) is 9.59 Å². The molecule has 0 unspecified atom stereocenters. The van der Waals surface area contributed by atoms with Crippen LogP contribution in [0.1, 0.15) is 30.1 Å². The van der Waals surface area contributed by atoms with E-state index in [1.165, 1.54) is 12.2 Å². The molecule has 2 amide bonds. The van der Waals surface area contributed by atoms with Crippen molar-refractivity contribution in [3.8, 4) is 0 Å². The maximum Gasteiger partial charge on any atom is 0.257 e. The molecule has 2 aliphatic rings. The zero-order valence-electron chi connectivity index (χ0n) is 17.3. The summed E-state index contributed by atoms with van der Waals surface area (Å²) in [4.78, 5) is 30.8. The van der Waals surface area contributed by atoms with E-state index in [4.69, 9.17) is 11.6 Å². The van der Waals surface area contributed by atoms with E-state index in [1.54, 1.807) is 28.0 Å². The van der Waals surface area contributed by atoms with Gasteiger partial charge in [-0.15, -0.1) is 0 Å². The third-order valence-corrected chi connectivity index (χ3v) is 6.26. The molecule has 30 heavy (non-hydrogen) atoms. The maximum atomic E-state index is 13.0. The van der Waals surface area contributed by atoms with Gasteiger partial charge in [0.25, 0.3) is 5.91 Å². The van der Waals surface area contributed by atoms with Gasteiger partial charge in [0.1, 0.15) is 0 Å². The van der Waals surface area contributed by atoms with Crippen LogP contribution in [0.15, 0.2) is 42.5 Å². The molecule has 0 aliphatic carbocycles. The predicted molar refractivity (Wildman–Crippen MR) is 121 cm³/mol. The second-order valence-electron chi connectivity index (χ2n) is 7.90. The monoisotopic (exact) mass is 427 g/mol. The fraction of sp³-hybridized carbons (Fsp3) is 0.391. The van der Waals surface area contributed by atoms with E-state index in [0.717, 1.165) is 38.3 Å². The first-order valence-corrected chi connectivity index (χ1v) is 11.0. The highest BCUT2D eigenvalue weighted by Crippen LogP contribution is 2.29. The molecule has 0 bridgehead atoms. The summed E-state index contributed by atoms with van der Waals surface area (Å²) in [6.07, 6.45) is 1.30. The van der Waals surface area contributed by atoms with Crippen molar-refractivity contribution in [3.63, 3.8) is 0 Å². The van der Waals surface area contributed by atoms with Crippen molar-refractivity contribution < 1.29 is 14.5 Å². The minimum Gasteiger partial charge on any atom is -0.360 e. The number of amides is 2. The number of rotatable bonds is 5. The number of benzene rings is 2. The van der Waals surface area contributed by atoms with E-state index < -0.39 is 0 Å². The molecule has 158 valence electrons. The molecule has 2 saturated heterocycles. The smallest absolute Gasteiger partial charge is 0.257 e. The van der Waals surface area contributed by atoms with Crippen LogP contribution in [0, 0.1) is 0 Å². The average molecular weight is 428 g/mol. The molecule has 4 rings (SSSR count). The van der Waals surface area contributed by atoms with Gasteiger partial charge in [-0.3, -0.25) is 9.59 Å². The number of piperazine rings is 1. The number of halogens is 1. The highest BCUT2D eigenvalue weighted by Gasteiger charge is 2.26. The number of nitrogens with one attached hydrogen (secondary N) is 2. The largest absolute Gasteiger partial charge is 0.360 e. The number of hydrogen-bond acceptors (Lipinski definition) is 3. The quantitative estimate of drug-likeness (QED) is 0.770. The van der Waals surface area contributed by atoms with Crippen LogP contribution in [0.2, 0.25) is 5.02 Å². The van der Waals surface area contributed by atoms with Gasteiger partial charge in [0.05, 0.1) is 44.0 Å². The molecule has 0 spiro atoms. The van der Waals surface area contributed by atoms with Crippen LogP contribution in [0.5, 0.6) is 0 Å². The van der Waals surface area contributed by atoms with Crippen molar-refractivity contribution in [1.82, 2.24) is 0 Å². The molecule has 0 aromatic heterocycles. The fourth-order valence-corrected chi connectivity index (χ4v) is 4.38. The van der Waals surface area contributed by atoms with Crippen LogP contribution in [0.4, 0.5) is 17.1 Å². The zero-order valence-corrected chi connectivity index (χ0v) is 18.0. The number of quaternary nitrogens is 1. The number of carbonyl (C=O) groups is 2. The van der Waals surface area contributed by atoms with Crippen molar-refractivity contribution in [2.45, 2.75) is 19.8 Å².